The van der Waals surface area contributed by atoms with Crippen molar-refractivity contribution in [3.63, 3.8) is 0 Å². The molecule has 1 aliphatic rings. The number of esters is 1. The number of ether oxygens (including phenoxy) is 3. The first-order chi connectivity index (χ1) is 14.5. The van der Waals surface area contributed by atoms with Crippen molar-refractivity contribution in [1.82, 2.24) is 0 Å². The van der Waals surface area contributed by atoms with E-state index in [0.717, 1.165) is 4.88 Å². The van der Waals surface area contributed by atoms with E-state index in [1.165, 1.54) is 30.6 Å². The second-order valence-electron chi connectivity index (χ2n) is 6.59. The van der Waals surface area contributed by atoms with Crippen LogP contribution in [0.2, 0.25) is 0 Å². The number of rotatable bonds is 4. The molecule has 3 aromatic rings. The Hall–Kier alpha value is -3.39. The molecule has 0 radical (unpaired) electrons. The van der Waals surface area contributed by atoms with Gasteiger partial charge in [-0.05, 0) is 36.8 Å². The number of halogens is 1. The maximum atomic E-state index is 13.3. The van der Waals surface area contributed by atoms with Crippen molar-refractivity contribution in [3.05, 3.63) is 64.8 Å². The molecule has 1 amide bonds. The third kappa shape index (κ3) is 3.73. The van der Waals surface area contributed by atoms with Crippen LogP contribution in [0.25, 0.3) is 11.1 Å². The average Bonchev–Trinajstić information content (AvgIpc) is 3.08. The fraction of sp³-hybridized carbons (Fsp3) is 0.182. The first-order valence-corrected chi connectivity index (χ1v) is 9.96. The van der Waals surface area contributed by atoms with Gasteiger partial charge < -0.3 is 19.5 Å². The lowest BCUT2D eigenvalue weighted by atomic mass is 10.0. The zero-order valence-corrected chi connectivity index (χ0v) is 17.0. The van der Waals surface area contributed by atoms with Gasteiger partial charge in [-0.25, -0.2) is 9.18 Å². The standard InChI is InChI=1S/C22H18FNO5S/c1-12-18(13-7-9-14(23)10-8-13)19(22(26)27-2)21(30-12)24-20(25)17-11-28-15-5-3-4-6-16(15)29-17/h3-10,17H,11H2,1-2H3,(H,24,25). The molecule has 0 fully saturated rings. The van der Waals surface area contributed by atoms with Crippen LogP contribution in [0.1, 0.15) is 15.2 Å². The number of nitrogens with one attached hydrogen (secondary N) is 1. The number of anilines is 1. The van der Waals surface area contributed by atoms with E-state index >= 15 is 0 Å². The molecule has 30 heavy (non-hydrogen) atoms. The van der Waals surface area contributed by atoms with Gasteiger partial charge in [-0.3, -0.25) is 4.79 Å². The second kappa shape index (κ2) is 8.16. The van der Waals surface area contributed by atoms with Gasteiger partial charge in [0.15, 0.2) is 11.5 Å². The minimum Gasteiger partial charge on any atom is -0.485 e. The summed E-state index contributed by atoms with van der Waals surface area (Å²) in [5.74, 6) is -0.370. The van der Waals surface area contributed by atoms with Gasteiger partial charge in [0.25, 0.3) is 5.91 Å². The Morgan fingerprint density at radius 1 is 1.13 bits per heavy atom. The molecule has 2 heterocycles. The van der Waals surface area contributed by atoms with E-state index < -0.39 is 18.0 Å². The van der Waals surface area contributed by atoms with Crippen molar-refractivity contribution < 1.29 is 28.2 Å². The van der Waals surface area contributed by atoms with Gasteiger partial charge in [0.1, 0.15) is 23.0 Å². The van der Waals surface area contributed by atoms with Gasteiger partial charge in [-0.1, -0.05) is 24.3 Å². The number of para-hydroxylation sites is 2. The molecule has 0 bridgehead atoms. The number of hydrogen-bond acceptors (Lipinski definition) is 6. The van der Waals surface area contributed by atoms with Gasteiger partial charge in [0.2, 0.25) is 6.10 Å². The molecule has 2 aromatic carbocycles. The highest BCUT2D eigenvalue weighted by molar-refractivity contribution is 7.17. The Labute approximate surface area is 176 Å². The Balaban J connectivity index is 1.64. The van der Waals surface area contributed by atoms with Crippen LogP contribution in [0.5, 0.6) is 11.5 Å². The monoisotopic (exact) mass is 427 g/mol. The minimum absolute atomic E-state index is 0.0472. The Morgan fingerprint density at radius 2 is 1.83 bits per heavy atom. The second-order valence-corrected chi connectivity index (χ2v) is 7.81. The van der Waals surface area contributed by atoms with Crippen LogP contribution < -0.4 is 14.8 Å². The van der Waals surface area contributed by atoms with Gasteiger partial charge in [0, 0.05) is 10.4 Å². The number of methoxy groups -OCH3 is 1. The summed E-state index contributed by atoms with van der Waals surface area (Å²) in [6.45, 7) is 1.87. The number of fused-ring (bicyclic) bond motifs is 1. The van der Waals surface area contributed by atoms with Crippen LogP contribution in [0.15, 0.2) is 48.5 Å². The number of carbonyl (C=O) groups excluding carboxylic acids is 2. The normalized spacial score (nSPS) is 14.8. The quantitative estimate of drug-likeness (QED) is 0.624. The highest BCUT2D eigenvalue weighted by Crippen LogP contribution is 2.40. The Morgan fingerprint density at radius 3 is 2.53 bits per heavy atom. The molecule has 154 valence electrons. The third-order valence-corrected chi connectivity index (χ3v) is 5.67. The van der Waals surface area contributed by atoms with Crippen molar-refractivity contribution in [1.29, 1.82) is 0 Å². The average molecular weight is 427 g/mol. The van der Waals surface area contributed by atoms with Gasteiger partial charge in [0.05, 0.1) is 7.11 Å². The summed E-state index contributed by atoms with van der Waals surface area (Å²) >= 11 is 1.24. The van der Waals surface area contributed by atoms with E-state index in [1.54, 1.807) is 30.3 Å². The van der Waals surface area contributed by atoms with Crippen LogP contribution in [0.4, 0.5) is 9.39 Å². The van der Waals surface area contributed by atoms with E-state index in [-0.39, 0.29) is 18.0 Å². The topological polar surface area (TPSA) is 73.9 Å². The van der Waals surface area contributed by atoms with Crippen molar-refractivity contribution >= 4 is 28.2 Å². The van der Waals surface area contributed by atoms with Crippen LogP contribution in [-0.4, -0.2) is 31.7 Å². The van der Waals surface area contributed by atoms with Crippen LogP contribution in [0.3, 0.4) is 0 Å². The maximum absolute atomic E-state index is 13.3. The molecule has 1 N–H and O–H groups in total. The number of hydrogen-bond donors (Lipinski definition) is 1. The zero-order valence-electron chi connectivity index (χ0n) is 16.2. The lowest BCUT2D eigenvalue weighted by Crippen LogP contribution is -2.40. The van der Waals surface area contributed by atoms with E-state index in [0.29, 0.717) is 27.6 Å². The lowest BCUT2D eigenvalue weighted by molar-refractivity contribution is -0.125. The van der Waals surface area contributed by atoms with E-state index in [1.807, 2.05) is 13.0 Å². The molecule has 0 saturated heterocycles. The molecule has 1 aliphatic heterocycles. The smallest absolute Gasteiger partial charge is 0.341 e. The van der Waals surface area contributed by atoms with Crippen molar-refractivity contribution in [2.75, 3.05) is 19.0 Å². The molecule has 6 nitrogen and oxygen atoms in total. The minimum atomic E-state index is -0.873. The molecule has 1 aromatic heterocycles. The highest BCUT2D eigenvalue weighted by atomic mass is 32.1. The number of carbonyl (C=O) groups is 2. The van der Waals surface area contributed by atoms with Crippen LogP contribution in [0, 0.1) is 12.7 Å². The largest absolute Gasteiger partial charge is 0.485 e. The van der Waals surface area contributed by atoms with E-state index in [2.05, 4.69) is 5.32 Å². The fourth-order valence-electron chi connectivity index (χ4n) is 3.23. The predicted molar refractivity (Wildman–Crippen MR) is 111 cm³/mol. The molecule has 8 heteroatoms. The summed E-state index contributed by atoms with van der Waals surface area (Å²) in [5.41, 5.74) is 1.46. The number of thiophene rings is 1. The molecule has 0 aliphatic carbocycles. The number of benzene rings is 2. The van der Waals surface area contributed by atoms with Crippen LogP contribution in [-0.2, 0) is 9.53 Å². The highest BCUT2D eigenvalue weighted by Gasteiger charge is 2.31. The first kappa shape index (κ1) is 19.9. The molecule has 0 spiro atoms. The molecular formula is C22H18FNO5S. The summed E-state index contributed by atoms with van der Waals surface area (Å²) in [4.78, 5) is 26.1. The van der Waals surface area contributed by atoms with Crippen molar-refractivity contribution in [2.45, 2.75) is 13.0 Å². The number of aryl methyl sites for hydroxylation is 1. The lowest BCUT2D eigenvalue weighted by Gasteiger charge is -2.25. The molecule has 4 rings (SSSR count). The van der Waals surface area contributed by atoms with E-state index in [4.69, 9.17) is 14.2 Å². The summed E-state index contributed by atoms with van der Waals surface area (Å²) < 4.78 is 29.6. The Bertz CT molecular complexity index is 1110. The molecule has 1 atom stereocenters. The summed E-state index contributed by atoms with van der Waals surface area (Å²) in [6.07, 6.45) is -0.873. The maximum Gasteiger partial charge on any atom is 0.341 e. The SMILES string of the molecule is COC(=O)c1c(NC(=O)C2COc3ccccc3O2)sc(C)c1-c1ccc(F)cc1. The summed E-state index contributed by atoms with van der Waals surface area (Å²) in [5, 5.41) is 3.11. The van der Waals surface area contributed by atoms with Crippen molar-refractivity contribution in [2.24, 2.45) is 0 Å². The number of amides is 1. The van der Waals surface area contributed by atoms with Crippen molar-refractivity contribution in [3.8, 4) is 22.6 Å². The van der Waals surface area contributed by atoms with Crippen LogP contribution >= 0.6 is 11.3 Å². The van der Waals surface area contributed by atoms with E-state index in [9.17, 15) is 14.0 Å². The molecule has 1 unspecified atom stereocenters. The first-order valence-electron chi connectivity index (χ1n) is 9.15. The third-order valence-electron chi connectivity index (χ3n) is 4.64. The molecule has 0 saturated carbocycles. The fourth-order valence-corrected chi connectivity index (χ4v) is 4.30. The molecular weight excluding hydrogens is 409 g/mol. The van der Waals surface area contributed by atoms with Gasteiger partial charge in [-0.2, -0.15) is 0 Å². The summed E-state index contributed by atoms with van der Waals surface area (Å²) in [6, 6.07) is 12.9. The zero-order chi connectivity index (χ0) is 21.3. The summed E-state index contributed by atoms with van der Waals surface area (Å²) in [7, 11) is 1.27. The Kier molecular flexibility index (Phi) is 5.41. The predicted octanol–water partition coefficient (Wildman–Crippen LogP) is 4.43. The van der Waals surface area contributed by atoms with Gasteiger partial charge >= 0.3 is 5.97 Å². The van der Waals surface area contributed by atoms with Gasteiger partial charge in [-0.15, -0.1) is 11.3 Å².